The van der Waals surface area contributed by atoms with Crippen LogP contribution in [0.5, 0.6) is 5.88 Å². The Morgan fingerprint density at radius 2 is 1.94 bits per heavy atom. The smallest absolute Gasteiger partial charge is 0.235 e. The topological polar surface area (TPSA) is 104 Å². The van der Waals surface area contributed by atoms with Crippen molar-refractivity contribution in [2.24, 2.45) is 0 Å². The molecule has 5 rings (SSSR count). The van der Waals surface area contributed by atoms with Gasteiger partial charge in [-0.05, 0) is 47.7 Å². The van der Waals surface area contributed by atoms with Crippen LogP contribution in [-0.2, 0) is 6.61 Å². The Morgan fingerprint density at radius 3 is 2.84 bits per heavy atom. The number of ether oxygens (including phenoxy) is 1. The van der Waals surface area contributed by atoms with E-state index in [1.165, 1.54) is 5.39 Å². The minimum atomic E-state index is 0.0506. The molecule has 0 saturated heterocycles. The van der Waals surface area contributed by atoms with Crippen molar-refractivity contribution in [3.05, 3.63) is 90.3 Å². The van der Waals surface area contributed by atoms with Crippen molar-refractivity contribution in [3.63, 3.8) is 0 Å². The van der Waals surface area contributed by atoms with Crippen molar-refractivity contribution in [2.75, 3.05) is 10.6 Å². The largest absolute Gasteiger partial charge is 0.472 e. The number of benzene rings is 2. The lowest BCUT2D eigenvalue weighted by Gasteiger charge is -2.15. The summed E-state index contributed by atoms with van der Waals surface area (Å²) in [6, 6.07) is 22.0. The van der Waals surface area contributed by atoms with Crippen molar-refractivity contribution in [3.8, 4) is 5.88 Å². The van der Waals surface area contributed by atoms with Crippen LogP contribution in [0.2, 0.25) is 0 Å². The Morgan fingerprint density at radius 1 is 1.03 bits per heavy atom. The summed E-state index contributed by atoms with van der Waals surface area (Å²) in [5.41, 5.74) is 3.37. The Balaban J connectivity index is 1.22. The molecule has 0 unspecified atom stereocenters. The van der Waals surface area contributed by atoms with Crippen LogP contribution in [0, 0.1) is 0 Å². The van der Waals surface area contributed by atoms with Crippen LogP contribution in [-0.4, -0.2) is 25.1 Å². The normalized spacial score (nSPS) is 11.9. The Kier molecular flexibility index (Phi) is 5.40. The molecule has 0 aliphatic heterocycles. The standard InChI is InChI=1S/C24H23N7O/c1-16(18-7-8-20-19(13-18)9-11-25-20)27-24-26-12-10-21(29-24)28-22-14-23(31-30-22)32-15-17-5-3-2-4-6-17/h2-14,16,25H,15H2,1H3,(H3,26,27,28,29,30,31)/t16-/m0/s1. The van der Waals surface area contributed by atoms with Gasteiger partial charge in [0.15, 0.2) is 0 Å². The first-order chi connectivity index (χ1) is 15.7. The third kappa shape index (κ3) is 4.54. The van der Waals surface area contributed by atoms with Crippen LogP contribution in [0.1, 0.15) is 24.1 Å². The first kappa shape index (κ1) is 19.6. The maximum absolute atomic E-state index is 5.73. The van der Waals surface area contributed by atoms with E-state index in [1.54, 1.807) is 18.3 Å². The fourth-order valence-corrected chi connectivity index (χ4v) is 3.43. The molecule has 3 heterocycles. The van der Waals surface area contributed by atoms with Gasteiger partial charge in [-0.15, -0.1) is 5.10 Å². The van der Waals surface area contributed by atoms with E-state index in [2.05, 4.69) is 67.0 Å². The van der Waals surface area contributed by atoms with E-state index in [9.17, 15) is 0 Å². The average Bonchev–Trinajstić information content (AvgIpc) is 3.47. The highest BCUT2D eigenvalue weighted by Crippen LogP contribution is 2.23. The van der Waals surface area contributed by atoms with Gasteiger partial charge in [-0.1, -0.05) is 36.4 Å². The lowest BCUT2D eigenvalue weighted by atomic mass is 10.1. The number of nitrogens with zero attached hydrogens (tertiary/aromatic N) is 3. The zero-order valence-electron chi connectivity index (χ0n) is 17.5. The van der Waals surface area contributed by atoms with Crippen molar-refractivity contribution in [1.82, 2.24) is 25.1 Å². The highest BCUT2D eigenvalue weighted by molar-refractivity contribution is 5.80. The third-order valence-corrected chi connectivity index (χ3v) is 5.13. The maximum Gasteiger partial charge on any atom is 0.235 e. The molecule has 1 atom stereocenters. The molecule has 3 aromatic heterocycles. The lowest BCUT2D eigenvalue weighted by molar-refractivity contribution is 0.293. The zero-order valence-corrected chi connectivity index (χ0v) is 17.5. The number of rotatable bonds is 8. The summed E-state index contributed by atoms with van der Waals surface area (Å²) in [5, 5.41) is 14.9. The zero-order chi connectivity index (χ0) is 21.8. The van der Waals surface area contributed by atoms with Crippen molar-refractivity contribution >= 4 is 28.5 Å². The second-order valence-electron chi connectivity index (χ2n) is 7.48. The number of hydrogen-bond acceptors (Lipinski definition) is 6. The van der Waals surface area contributed by atoms with Gasteiger partial charge in [0.25, 0.3) is 0 Å². The number of fused-ring (bicyclic) bond motifs is 1. The van der Waals surface area contributed by atoms with Crippen LogP contribution < -0.4 is 15.4 Å². The third-order valence-electron chi connectivity index (χ3n) is 5.13. The van der Waals surface area contributed by atoms with Crippen LogP contribution in [0.3, 0.4) is 0 Å². The number of nitrogens with one attached hydrogen (secondary N) is 4. The second kappa shape index (κ2) is 8.81. The molecule has 0 spiro atoms. The molecule has 0 saturated carbocycles. The minimum absolute atomic E-state index is 0.0506. The highest BCUT2D eigenvalue weighted by atomic mass is 16.5. The van der Waals surface area contributed by atoms with Gasteiger partial charge in [-0.3, -0.25) is 5.10 Å². The SMILES string of the molecule is C[C@H](Nc1nccc(Nc2cc(OCc3ccccc3)n[nH]2)n1)c1ccc2[nH]ccc2c1. The molecule has 4 N–H and O–H groups in total. The van der Waals surface area contributed by atoms with E-state index < -0.39 is 0 Å². The quantitative estimate of drug-likeness (QED) is 0.273. The van der Waals surface area contributed by atoms with Crippen molar-refractivity contribution < 1.29 is 4.74 Å². The highest BCUT2D eigenvalue weighted by Gasteiger charge is 2.10. The lowest BCUT2D eigenvalue weighted by Crippen LogP contribution is -2.10. The van der Waals surface area contributed by atoms with Gasteiger partial charge in [0.05, 0.1) is 6.04 Å². The van der Waals surface area contributed by atoms with Gasteiger partial charge >= 0.3 is 0 Å². The summed E-state index contributed by atoms with van der Waals surface area (Å²) >= 11 is 0. The molecule has 0 aliphatic carbocycles. The molecule has 160 valence electrons. The number of H-pyrrole nitrogens is 2. The van der Waals surface area contributed by atoms with Crippen molar-refractivity contribution in [2.45, 2.75) is 19.6 Å². The number of anilines is 3. The van der Waals surface area contributed by atoms with Gasteiger partial charge in [-0.25, -0.2) is 4.98 Å². The number of aromatic nitrogens is 5. The van der Waals surface area contributed by atoms with Gasteiger partial charge in [0.2, 0.25) is 11.8 Å². The summed E-state index contributed by atoms with van der Waals surface area (Å²) in [6.07, 6.45) is 3.65. The maximum atomic E-state index is 5.73. The number of aromatic amines is 2. The molecule has 0 fully saturated rings. The summed E-state index contributed by atoms with van der Waals surface area (Å²) < 4.78 is 5.73. The predicted octanol–water partition coefficient (Wildman–Crippen LogP) is 5.18. The summed E-state index contributed by atoms with van der Waals surface area (Å²) in [7, 11) is 0. The molecule has 2 aromatic carbocycles. The minimum Gasteiger partial charge on any atom is -0.472 e. The van der Waals surface area contributed by atoms with Gasteiger partial charge in [-0.2, -0.15) is 4.98 Å². The van der Waals surface area contributed by atoms with Gasteiger partial charge in [0.1, 0.15) is 18.2 Å². The van der Waals surface area contributed by atoms with Crippen LogP contribution in [0.25, 0.3) is 10.9 Å². The summed E-state index contributed by atoms with van der Waals surface area (Å²) in [4.78, 5) is 12.1. The summed E-state index contributed by atoms with van der Waals surface area (Å²) in [5.74, 6) is 2.38. The van der Waals surface area contributed by atoms with E-state index in [-0.39, 0.29) is 6.04 Å². The van der Waals surface area contributed by atoms with E-state index in [4.69, 9.17) is 4.74 Å². The molecule has 8 nitrogen and oxygen atoms in total. The molecule has 5 aromatic rings. The molecule has 0 amide bonds. The van der Waals surface area contributed by atoms with Gasteiger partial charge in [0, 0.05) is 24.0 Å². The number of hydrogen-bond donors (Lipinski definition) is 4. The van der Waals surface area contributed by atoms with Crippen molar-refractivity contribution in [1.29, 1.82) is 0 Å². The van der Waals surface area contributed by atoms with E-state index >= 15 is 0 Å². The van der Waals surface area contributed by atoms with Gasteiger partial charge < -0.3 is 20.4 Å². The summed E-state index contributed by atoms with van der Waals surface area (Å²) in [6.45, 7) is 2.54. The van der Waals surface area contributed by atoms with Crippen LogP contribution in [0.15, 0.2) is 79.1 Å². The Labute approximate surface area is 185 Å². The second-order valence-corrected chi connectivity index (χ2v) is 7.48. The first-order valence-electron chi connectivity index (χ1n) is 10.4. The van der Waals surface area contributed by atoms with Crippen LogP contribution >= 0.6 is 0 Å². The molecule has 0 aliphatic rings. The Bertz CT molecular complexity index is 1310. The Hall–Kier alpha value is -4.33. The van der Waals surface area contributed by atoms with E-state index in [1.807, 2.05) is 36.5 Å². The fraction of sp³-hybridized carbons (Fsp3) is 0.125. The molecule has 32 heavy (non-hydrogen) atoms. The molecule has 0 bridgehead atoms. The average molecular weight is 425 g/mol. The molecule has 0 radical (unpaired) electrons. The predicted molar refractivity (Wildman–Crippen MR) is 125 cm³/mol. The van der Waals surface area contributed by atoms with E-state index in [0.29, 0.717) is 30.1 Å². The molecular weight excluding hydrogens is 402 g/mol. The monoisotopic (exact) mass is 425 g/mol. The molecule has 8 heteroatoms. The molecular formula is C24H23N7O. The van der Waals surface area contributed by atoms with Crippen LogP contribution in [0.4, 0.5) is 17.6 Å². The van der Waals surface area contributed by atoms with E-state index in [0.717, 1.165) is 16.6 Å². The fourth-order valence-electron chi connectivity index (χ4n) is 3.43. The first-order valence-corrected chi connectivity index (χ1v) is 10.4.